The van der Waals surface area contributed by atoms with E-state index in [1.165, 1.54) is 12.3 Å². The van der Waals surface area contributed by atoms with E-state index in [-0.39, 0.29) is 16.5 Å². The maximum atomic E-state index is 12.1. The summed E-state index contributed by atoms with van der Waals surface area (Å²) in [6, 6.07) is 1.28. The van der Waals surface area contributed by atoms with Crippen LogP contribution in [0.1, 0.15) is 30.3 Å². The molecule has 1 amide bonds. The molecule has 2 rings (SSSR count). The van der Waals surface area contributed by atoms with Gasteiger partial charge in [-0.3, -0.25) is 4.79 Å². The number of nitrogens with one attached hydrogen (secondary N) is 1. The van der Waals surface area contributed by atoms with Gasteiger partial charge in [0.15, 0.2) is 0 Å². The molecule has 1 fully saturated rings. The molecule has 1 aliphatic rings. The number of amides is 1. The number of hydrogen-bond acceptors (Lipinski definition) is 3. The second kappa shape index (κ2) is 4.74. The molecule has 6 nitrogen and oxygen atoms in total. The summed E-state index contributed by atoms with van der Waals surface area (Å²) in [5, 5.41) is 5.00. The Morgan fingerprint density at radius 3 is 2.67 bits per heavy atom. The molecule has 0 radical (unpaired) electrons. The van der Waals surface area contributed by atoms with Crippen LogP contribution in [0.2, 0.25) is 0 Å². The highest BCUT2D eigenvalue weighted by molar-refractivity contribution is 7.89. The van der Waals surface area contributed by atoms with Crippen molar-refractivity contribution in [1.29, 1.82) is 0 Å². The average molecular weight is 271 g/mol. The third kappa shape index (κ3) is 2.91. The molecule has 0 aliphatic heterocycles. The molecule has 0 bridgehead atoms. The number of aromatic amines is 1. The molecule has 0 atom stereocenters. The van der Waals surface area contributed by atoms with Gasteiger partial charge in [0.25, 0.3) is 5.91 Å². The zero-order valence-electron chi connectivity index (χ0n) is 10.2. The van der Waals surface area contributed by atoms with E-state index in [2.05, 4.69) is 4.98 Å². The van der Waals surface area contributed by atoms with Crippen molar-refractivity contribution in [3.63, 3.8) is 0 Å². The van der Waals surface area contributed by atoms with E-state index < -0.39 is 10.0 Å². The number of carbonyl (C=O) groups is 1. The molecule has 100 valence electrons. The van der Waals surface area contributed by atoms with Crippen molar-refractivity contribution in [1.82, 2.24) is 9.88 Å². The minimum atomic E-state index is -3.76. The van der Waals surface area contributed by atoms with E-state index in [0.29, 0.717) is 12.5 Å². The normalized spacial score (nSPS) is 15.7. The van der Waals surface area contributed by atoms with E-state index in [9.17, 15) is 13.2 Å². The van der Waals surface area contributed by atoms with Gasteiger partial charge in [-0.15, -0.1) is 0 Å². The summed E-state index contributed by atoms with van der Waals surface area (Å²) in [6.07, 6.45) is 3.57. The van der Waals surface area contributed by atoms with E-state index in [4.69, 9.17) is 5.14 Å². The van der Waals surface area contributed by atoms with Crippen molar-refractivity contribution in [2.24, 2.45) is 11.1 Å². The predicted molar refractivity (Wildman–Crippen MR) is 66.5 cm³/mol. The molecule has 7 heteroatoms. The minimum Gasteiger partial charge on any atom is -0.356 e. The second-order valence-electron chi connectivity index (χ2n) is 4.58. The Morgan fingerprint density at radius 1 is 1.56 bits per heavy atom. The molecular formula is C11H17N3O3S. The van der Waals surface area contributed by atoms with Crippen molar-refractivity contribution in [2.75, 3.05) is 13.1 Å². The number of nitrogens with zero attached hydrogens (tertiary/aromatic N) is 1. The van der Waals surface area contributed by atoms with Crippen LogP contribution in [0.15, 0.2) is 17.2 Å². The molecule has 1 heterocycles. The highest BCUT2D eigenvalue weighted by Gasteiger charge is 2.27. The number of aromatic nitrogens is 1. The van der Waals surface area contributed by atoms with Crippen molar-refractivity contribution in [3.8, 4) is 0 Å². The third-order valence-corrected chi connectivity index (χ3v) is 3.95. The molecular weight excluding hydrogens is 254 g/mol. The topological polar surface area (TPSA) is 96.3 Å². The number of nitrogens with two attached hydrogens (primary N) is 1. The Hall–Kier alpha value is -1.34. The zero-order valence-corrected chi connectivity index (χ0v) is 11.0. The summed E-state index contributed by atoms with van der Waals surface area (Å²) < 4.78 is 22.3. The first-order chi connectivity index (χ1) is 8.41. The van der Waals surface area contributed by atoms with E-state index in [1.807, 2.05) is 6.92 Å². The van der Waals surface area contributed by atoms with Crippen LogP contribution in [-0.2, 0) is 10.0 Å². The fourth-order valence-corrected chi connectivity index (χ4v) is 2.31. The van der Waals surface area contributed by atoms with Crippen molar-refractivity contribution in [3.05, 3.63) is 18.0 Å². The summed E-state index contributed by atoms with van der Waals surface area (Å²) in [5.74, 6) is 0.417. The van der Waals surface area contributed by atoms with Gasteiger partial charge in [-0.2, -0.15) is 0 Å². The number of hydrogen-bond donors (Lipinski definition) is 2. The first-order valence-electron chi connectivity index (χ1n) is 5.92. The van der Waals surface area contributed by atoms with E-state index >= 15 is 0 Å². The minimum absolute atomic E-state index is 0.0617. The predicted octanol–water partition coefficient (Wildman–Crippen LogP) is 0.534. The highest BCUT2D eigenvalue weighted by Crippen LogP contribution is 2.30. The SMILES string of the molecule is CCN(CC1CC1)C(=O)c1cc(S(N)(=O)=O)c[nH]1. The van der Waals surface area contributed by atoms with Gasteiger partial charge in [0.05, 0.1) is 4.90 Å². The Labute approximate surface area is 106 Å². The van der Waals surface area contributed by atoms with Crippen molar-refractivity contribution >= 4 is 15.9 Å². The summed E-state index contributed by atoms with van der Waals surface area (Å²) >= 11 is 0. The van der Waals surface area contributed by atoms with E-state index in [0.717, 1.165) is 19.4 Å². The van der Waals surface area contributed by atoms with Crippen LogP contribution in [0.3, 0.4) is 0 Å². The molecule has 1 aromatic heterocycles. The van der Waals surface area contributed by atoms with Crippen molar-refractivity contribution < 1.29 is 13.2 Å². The summed E-state index contributed by atoms with van der Waals surface area (Å²) in [7, 11) is -3.76. The van der Waals surface area contributed by atoms with Gasteiger partial charge in [-0.05, 0) is 31.7 Å². The lowest BCUT2D eigenvalue weighted by molar-refractivity contribution is 0.0751. The quantitative estimate of drug-likeness (QED) is 0.817. The van der Waals surface area contributed by atoms with Gasteiger partial charge in [-0.25, -0.2) is 13.6 Å². The molecule has 0 unspecified atom stereocenters. The molecule has 3 N–H and O–H groups in total. The van der Waals surface area contributed by atoms with Gasteiger partial charge in [0, 0.05) is 19.3 Å². The van der Waals surface area contributed by atoms with Crippen LogP contribution in [0.5, 0.6) is 0 Å². The molecule has 0 aromatic carbocycles. The highest BCUT2D eigenvalue weighted by atomic mass is 32.2. The van der Waals surface area contributed by atoms with Crippen LogP contribution < -0.4 is 5.14 Å². The van der Waals surface area contributed by atoms with Crippen LogP contribution in [0.4, 0.5) is 0 Å². The largest absolute Gasteiger partial charge is 0.356 e. The fourth-order valence-electron chi connectivity index (χ4n) is 1.80. The Balaban J connectivity index is 2.14. The first-order valence-corrected chi connectivity index (χ1v) is 7.47. The maximum absolute atomic E-state index is 12.1. The lowest BCUT2D eigenvalue weighted by Crippen LogP contribution is -2.32. The lowest BCUT2D eigenvalue weighted by atomic mass is 10.3. The number of H-pyrrole nitrogens is 1. The lowest BCUT2D eigenvalue weighted by Gasteiger charge is -2.19. The second-order valence-corrected chi connectivity index (χ2v) is 6.14. The molecule has 0 saturated heterocycles. The van der Waals surface area contributed by atoms with Gasteiger partial charge in [0.1, 0.15) is 5.69 Å². The summed E-state index contributed by atoms with van der Waals surface area (Å²) in [4.78, 5) is 16.5. The number of rotatable bonds is 5. The maximum Gasteiger partial charge on any atom is 0.270 e. The molecule has 0 spiro atoms. The fraction of sp³-hybridized carbons (Fsp3) is 0.545. The average Bonchev–Trinajstić information content (AvgIpc) is 2.95. The summed E-state index contributed by atoms with van der Waals surface area (Å²) in [6.45, 7) is 3.25. The Bertz CT molecular complexity index is 546. The monoisotopic (exact) mass is 271 g/mol. The third-order valence-electron chi connectivity index (χ3n) is 3.06. The molecule has 18 heavy (non-hydrogen) atoms. The number of sulfonamides is 1. The smallest absolute Gasteiger partial charge is 0.270 e. The Kier molecular flexibility index (Phi) is 3.45. The molecule has 1 saturated carbocycles. The summed E-state index contributed by atoms with van der Waals surface area (Å²) in [5.41, 5.74) is 0.265. The van der Waals surface area contributed by atoms with Gasteiger partial charge < -0.3 is 9.88 Å². The first kappa shape index (κ1) is 13.1. The van der Waals surface area contributed by atoms with Crippen LogP contribution in [0, 0.1) is 5.92 Å². The number of primary sulfonamides is 1. The van der Waals surface area contributed by atoms with Crippen LogP contribution in [0.25, 0.3) is 0 Å². The van der Waals surface area contributed by atoms with Crippen LogP contribution in [-0.4, -0.2) is 37.3 Å². The molecule has 1 aliphatic carbocycles. The van der Waals surface area contributed by atoms with Crippen LogP contribution >= 0.6 is 0 Å². The zero-order chi connectivity index (χ0) is 13.3. The Morgan fingerprint density at radius 2 is 2.22 bits per heavy atom. The van der Waals surface area contributed by atoms with Gasteiger partial charge in [-0.1, -0.05) is 0 Å². The molecule has 1 aromatic rings. The van der Waals surface area contributed by atoms with E-state index in [1.54, 1.807) is 4.90 Å². The van der Waals surface area contributed by atoms with Gasteiger partial charge in [0.2, 0.25) is 10.0 Å². The van der Waals surface area contributed by atoms with Crippen molar-refractivity contribution in [2.45, 2.75) is 24.7 Å². The number of carbonyl (C=O) groups excluding carboxylic acids is 1. The van der Waals surface area contributed by atoms with Gasteiger partial charge >= 0.3 is 0 Å². The standard InChI is InChI=1S/C11H17N3O3S/c1-2-14(7-8-3-4-8)11(15)10-5-9(6-13-10)18(12,16)17/h5-6,8,13H,2-4,7H2,1H3,(H2,12,16,17).